The van der Waals surface area contributed by atoms with Crippen molar-refractivity contribution in [2.24, 2.45) is 10.7 Å². The zero-order valence-electron chi connectivity index (χ0n) is 8.53. The maximum absolute atomic E-state index is 5.70. The fourth-order valence-electron chi connectivity index (χ4n) is 1.71. The number of amidine groups is 1. The Hall–Kier alpha value is -0.870. The summed E-state index contributed by atoms with van der Waals surface area (Å²) in [6.07, 6.45) is 0. The van der Waals surface area contributed by atoms with Crippen LogP contribution in [0.2, 0.25) is 0 Å². The molecule has 0 amide bonds. The van der Waals surface area contributed by atoms with Gasteiger partial charge in [0.1, 0.15) is 18.0 Å². The zero-order chi connectivity index (χ0) is 10.9. The normalized spacial score (nSPS) is 26.1. The second-order valence-corrected chi connectivity index (χ2v) is 4.80. The summed E-state index contributed by atoms with van der Waals surface area (Å²) in [5.41, 5.74) is 6.45. The quantitative estimate of drug-likeness (QED) is 0.848. The van der Waals surface area contributed by atoms with Crippen LogP contribution in [0, 0.1) is 0 Å². The molecule has 2 N–H and O–H groups in total. The number of nitrogens with zero attached hydrogens (tertiary/aromatic N) is 1. The lowest BCUT2D eigenvalue weighted by atomic mass is 9.93. The van der Waals surface area contributed by atoms with Crippen LogP contribution < -0.4 is 5.73 Å². The van der Waals surface area contributed by atoms with E-state index in [1.807, 2.05) is 31.2 Å². The third-order valence-corrected chi connectivity index (χ3v) is 2.96. The Bertz CT molecular complexity index is 405. The van der Waals surface area contributed by atoms with Gasteiger partial charge >= 0.3 is 0 Å². The van der Waals surface area contributed by atoms with Gasteiger partial charge in [0.15, 0.2) is 0 Å². The van der Waals surface area contributed by atoms with Crippen molar-refractivity contribution in [3.05, 3.63) is 34.3 Å². The first-order valence-electron chi connectivity index (χ1n) is 4.78. The number of halogens is 1. The van der Waals surface area contributed by atoms with Crippen LogP contribution in [0.4, 0.5) is 0 Å². The number of benzene rings is 1. The molecule has 1 unspecified atom stereocenters. The summed E-state index contributed by atoms with van der Waals surface area (Å²) in [4.78, 5) is 4.47. The van der Waals surface area contributed by atoms with Gasteiger partial charge in [-0.05, 0) is 24.6 Å². The Kier molecular flexibility index (Phi) is 2.80. The van der Waals surface area contributed by atoms with E-state index in [9.17, 15) is 0 Å². The van der Waals surface area contributed by atoms with Gasteiger partial charge in [0, 0.05) is 4.47 Å². The standard InChI is InChI=1S/C11H13BrN2O/c1-11(7-15-6-10(13)14-11)8-3-2-4-9(12)5-8/h2-5H,6-7H2,1H3,(H2,13,14). The molecule has 0 spiro atoms. The molecule has 0 radical (unpaired) electrons. The molecule has 0 aliphatic carbocycles. The molecule has 1 aliphatic heterocycles. The monoisotopic (exact) mass is 268 g/mol. The minimum Gasteiger partial charge on any atom is -0.386 e. The summed E-state index contributed by atoms with van der Waals surface area (Å²) in [6.45, 7) is 3.04. The van der Waals surface area contributed by atoms with Crippen molar-refractivity contribution in [2.45, 2.75) is 12.5 Å². The van der Waals surface area contributed by atoms with E-state index in [4.69, 9.17) is 10.5 Å². The molecule has 0 aromatic heterocycles. The highest BCUT2D eigenvalue weighted by molar-refractivity contribution is 9.10. The smallest absolute Gasteiger partial charge is 0.121 e. The minimum absolute atomic E-state index is 0.355. The lowest BCUT2D eigenvalue weighted by Crippen LogP contribution is -2.37. The number of ether oxygens (including phenoxy) is 1. The van der Waals surface area contributed by atoms with Crippen LogP contribution in [-0.2, 0) is 10.3 Å². The van der Waals surface area contributed by atoms with Crippen molar-refractivity contribution in [3.63, 3.8) is 0 Å². The van der Waals surface area contributed by atoms with Crippen LogP contribution in [0.1, 0.15) is 12.5 Å². The molecular formula is C11H13BrN2O. The van der Waals surface area contributed by atoms with Gasteiger partial charge in [-0.3, -0.25) is 4.99 Å². The Labute approximate surface area is 97.5 Å². The fourth-order valence-corrected chi connectivity index (χ4v) is 2.11. The first-order chi connectivity index (χ1) is 7.10. The molecule has 0 saturated heterocycles. The van der Waals surface area contributed by atoms with E-state index in [2.05, 4.69) is 20.9 Å². The minimum atomic E-state index is -0.355. The molecule has 0 fully saturated rings. The lowest BCUT2D eigenvalue weighted by molar-refractivity contribution is 0.106. The zero-order valence-corrected chi connectivity index (χ0v) is 10.1. The second kappa shape index (κ2) is 3.94. The van der Waals surface area contributed by atoms with E-state index in [-0.39, 0.29) is 5.54 Å². The summed E-state index contributed by atoms with van der Waals surface area (Å²) in [5.74, 6) is 0.559. The highest BCUT2D eigenvalue weighted by Gasteiger charge is 2.29. The molecule has 1 aromatic carbocycles. The van der Waals surface area contributed by atoms with Gasteiger partial charge in [0.25, 0.3) is 0 Å². The first-order valence-corrected chi connectivity index (χ1v) is 5.57. The maximum atomic E-state index is 5.70. The summed E-state index contributed by atoms with van der Waals surface area (Å²) in [5, 5.41) is 0. The number of hydrogen-bond acceptors (Lipinski definition) is 3. The molecule has 3 nitrogen and oxygen atoms in total. The fraction of sp³-hybridized carbons (Fsp3) is 0.364. The SMILES string of the molecule is CC1(c2cccc(Br)c2)COCC(N)=N1. The average Bonchev–Trinajstić information content (AvgIpc) is 2.17. The van der Waals surface area contributed by atoms with Crippen molar-refractivity contribution in [2.75, 3.05) is 13.2 Å². The highest BCUT2D eigenvalue weighted by atomic mass is 79.9. The number of aliphatic imine (C=N–C) groups is 1. The number of nitrogens with two attached hydrogens (primary N) is 1. The number of rotatable bonds is 1. The van der Waals surface area contributed by atoms with Gasteiger partial charge < -0.3 is 10.5 Å². The summed E-state index contributed by atoms with van der Waals surface area (Å²) in [7, 11) is 0. The third-order valence-electron chi connectivity index (χ3n) is 2.47. The van der Waals surface area contributed by atoms with Crippen molar-refractivity contribution in [1.82, 2.24) is 0 Å². The molecule has 15 heavy (non-hydrogen) atoms. The maximum Gasteiger partial charge on any atom is 0.121 e. The molecule has 1 atom stereocenters. The highest BCUT2D eigenvalue weighted by Crippen LogP contribution is 2.29. The summed E-state index contributed by atoms with van der Waals surface area (Å²) >= 11 is 3.45. The van der Waals surface area contributed by atoms with E-state index in [1.165, 1.54) is 0 Å². The molecule has 1 aromatic rings. The molecule has 0 bridgehead atoms. The Morgan fingerprint density at radius 2 is 2.33 bits per heavy atom. The van der Waals surface area contributed by atoms with Crippen molar-refractivity contribution < 1.29 is 4.74 Å². The van der Waals surface area contributed by atoms with Crippen molar-refractivity contribution in [1.29, 1.82) is 0 Å². The molecule has 0 saturated carbocycles. The molecule has 1 aliphatic rings. The van der Waals surface area contributed by atoms with Crippen molar-refractivity contribution >= 4 is 21.8 Å². The summed E-state index contributed by atoms with van der Waals surface area (Å²) in [6, 6.07) is 8.07. The van der Waals surface area contributed by atoms with Gasteiger partial charge in [0.05, 0.1) is 6.61 Å². The van der Waals surface area contributed by atoms with Crippen molar-refractivity contribution in [3.8, 4) is 0 Å². The second-order valence-electron chi connectivity index (χ2n) is 3.88. The van der Waals surface area contributed by atoms with E-state index < -0.39 is 0 Å². The molecule has 80 valence electrons. The lowest BCUT2D eigenvalue weighted by Gasteiger charge is -2.30. The number of hydrogen-bond donors (Lipinski definition) is 1. The molecule has 1 heterocycles. The predicted molar refractivity (Wildman–Crippen MR) is 63.9 cm³/mol. The first kappa shape index (κ1) is 10.6. The van der Waals surface area contributed by atoms with Crippen LogP contribution in [0.25, 0.3) is 0 Å². The van der Waals surface area contributed by atoms with E-state index in [0.29, 0.717) is 19.0 Å². The Morgan fingerprint density at radius 3 is 3.00 bits per heavy atom. The third kappa shape index (κ3) is 2.21. The van der Waals surface area contributed by atoms with Crippen LogP contribution in [0.15, 0.2) is 33.7 Å². The van der Waals surface area contributed by atoms with Gasteiger partial charge in [-0.15, -0.1) is 0 Å². The van der Waals surface area contributed by atoms with Crippen LogP contribution in [0.5, 0.6) is 0 Å². The van der Waals surface area contributed by atoms with E-state index in [0.717, 1.165) is 10.0 Å². The Balaban J connectivity index is 2.41. The van der Waals surface area contributed by atoms with Crippen LogP contribution in [0.3, 0.4) is 0 Å². The largest absolute Gasteiger partial charge is 0.386 e. The predicted octanol–water partition coefficient (Wildman–Crippen LogP) is 2.05. The summed E-state index contributed by atoms with van der Waals surface area (Å²) < 4.78 is 6.46. The van der Waals surface area contributed by atoms with Gasteiger partial charge in [-0.1, -0.05) is 28.1 Å². The molecule has 4 heteroatoms. The average molecular weight is 269 g/mol. The molecule has 2 rings (SSSR count). The van der Waals surface area contributed by atoms with Gasteiger partial charge in [-0.2, -0.15) is 0 Å². The van der Waals surface area contributed by atoms with Crippen LogP contribution in [-0.4, -0.2) is 19.0 Å². The Morgan fingerprint density at radius 1 is 1.53 bits per heavy atom. The molecular weight excluding hydrogens is 256 g/mol. The van der Waals surface area contributed by atoms with Gasteiger partial charge in [-0.25, -0.2) is 0 Å². The van der Waals surface area contributed by atoms with Gasteiger partial charge in [0.2, 0.25) is 0 Å². The topological polar surface area (TPSA) is 47.6 Å². The van der Waals surface area contributed by atoms with E-state index >= 15 is 0 Å². The van der Waals surface area contributed by atoms with Crippen LogP contribution >= 0.6 is 15.9 Å². The van der Waals surface area contributed by atoms with E-state index in [1.54, 1.807) is 0 Å².